The first-order valence-corrected chi connectivity index (χ1v) is 8.21. The molecule has 0 unspecified atom stereocenters. The minimum Gasteiger partial charge on any atom is -0.456 e. The van der Waals surface area contributed by atoms with Gasteiger partial charge >= 0.3 is 12.1 Å². The van der Waals surface area contributed by atoms with Gasteiger partial charge < -0.3 is 15.4 Å². The van der Waals surface area contributed by atoms with Gasteiger partial charge in [-0.1, -0.05) is 24.3 Å². The van der Waals surface area contributed by atoms with Crippen molar-refractivity contribution in [3.63, 3.8) is 0 Å². The second kappa shape index (κ2) is 9.54. The van der Waals surface area contributed by atoms with Crippen molar-refractivity contribution >= 4 is 29.2 Å². The van der Waals surface area contributed by atoms with Gasteiger partial charge in [0.15, 0.2) is 6.61 Å². The number of nitrogens with one attached hydrogen (secondary N) is 2. The number of esters is 1. The molecule has 0 spiro atoms. The SMILES string of the molecule is O=C(CCC(=O)OCC(=O)Nc1ccccc1)Nc1cccc(C(F)(F)F)c1. The minimum atomic E-state index is -4.52. The van der Waals surface area contributed by atoms with Crippen LogP contribution >= 0.6 is 0 Å². The number of para-hydroxylation sites is 1. The van der Waals surface area contributed by atoms with Crippen molar-refractivity contribution < 1.29 is 32.3 Å². The number of hydrogen-bond acceptors (Lipinski definition) is 4. The number of halogens is 3. The van der Waals surface area contributed by atoms with Crippen LogP contribution in [0.3, 0.4) is 0 Å². The Bertz CT molecular complexity index is 839. The molecule has 0 aliphatic carbocycles. The third kappa shape index (κ3) is 7.10. The van der Waals surface area contributed by atoms with Crippen LogP contribution in [0.15, 0.2) is 54.6 Å². The Morgan fingerprint density at radius 2 is 1.46 bits per heavy atom. The van der Waals surface area contributed by atoms with Gasteiger partial charge in [0.1, 0.15) is 0 Å². The third-order valence-electron chi connectivity index (χ3n) is 3.45. The highest BCUT2D eigenvalue weighted by Gasteiger charge is 2.30. The maximum atomic E-state index is 12.6. The zero-order valence-electron chi connectivity index (χ0n) is 14.6. The van der Waals surface area contributed by atoms with Gasteiger partial charge in [0.25, 0.3) is 5.91 Å². The lowest BCUT2D eigenvalue weighted by Gasteiger charge is -2.10. The van der Waals surface area contributed by atoms with Crippen LogP contribution in [0.1, 0.15) is 18.4 Å². The number of carbonyl (C=O) groups excluding carboxylic acids is 3. The average Bonchev–Trinajstić information content (AvgIpc) is 2.65. The summed E-state index contributed by atoms with van der Waals surface area (Å²) in [5.74, 6) is -1.96. The van der Waals surface area contributed by atoms with E-state index in [0.717, 1.165) is 18.2 Å². The molecule has 0 aliphatic rings. The van der Waals surface area contributed by atoms with Crippen molar-refractivity contribution in [3.8, 4) is 0 Å². The predicted octanol–water partition coefficient (Wildman–Crippen LogP) is 3.61. The summed E-state index contributed by atoms with van der Waals surface area (Å²) in [5.41, 5.74) is -0.381. The number of rotatable bonds is 7. The minimum absolute atomic E-state index is 0.0320. The molecule has 2 aromatic rings. The fourth-order valence-corrected chi connectivity index (χ4v) is 2.15. The second-order valence-corrected chi connectivity index (χ2v) is 5.70. The van der Waals surface area contributed by atoms with Crippen molar-refractivity contribution in [1.29, 1.82) is 0 Å². The number of carbonyl (C=O) groups is 3. The normalized spacial score (nSPS) is 10.8. The quantitative estimate of drug-likeness (QED) is 0.703. The fourth-order valence-electron chi connectivity index (χ4n) is 2.15. The van der Waals surface area contributed by atoms with Crippen molar-refractivity contribution in [2.75, 3.05) is 17.2 Å². The van der Waals surface area contributed by atoms with E-state index < -0.39 is 36.1 Å². The molecule has 0 saturated heterocycles. The molecule has 2 amide bonds. The van der Waals surface area contributed by atoms with Crippen LogP contribution < -0.4 is 10.6 Å². The van der Waals surface area contributed by atoms with E-state index in [0.29, 0.717) is 5.69 Å². The molecule has 28 heavy (non-hydrogen) atoms. The Balaban J connectivity index is 1.72. The highest BCUT2D eigenvalue weighted by atomic mass is 19.4. The van der Waals surface area contributed by atoms with Crippen LogP contribution in [0.4, 0.5) is 24.5 Å². The maximum absolute atomic E-state index is 12.6. The topological polar surface area (TPSA) is 84.5 Å². The van der Waals surface area contributed by atoms with E-state index in [2.05, 4.69) is 10.6 Å². The first kappa shape index (κ1) is 20.9. The lowest BCUT2D eigenvalue weighted by atomic mass is 10.2. The number of benzene rings is 2. The van der Waals surface area contributed by atoms with Crippen molar-refractivity contribution in [1.82, 2.24) is 0 Å². The summed E-state index contributed by atoms with van der Waals surface area (Å²) in [4.78, 5) is 35.0. The summed E-state index contributed by atoms with van der Waals surface area (Å²) in [6.07, 6.45) is -5.14. The first-order valence-electron chi connectivity index (χ1n) is 8.21. The summed E-state index contributed by atoms with van der Waals surface area (Å²) >= 11 is 0. The number of alkyl halides is 3. The van der Waals surface area contributed by atoms with Crippen LogP contribution in [-0.2, 0) is 25.3 Å². The van der Waals surface area contributed by atoms with Crippen LogP contribution in [0.25, 0.3) is 0 Å². The zero-order valence-corrected chi connectivity index (χ0v) is 14.6. The molecule has 2 N–H and O–H groups in total. The summed E-state index contributed by atoms with van der Waals surface area (Å²) in [6, 6.07) is 12.7. The first-order chi connectivity index (χ1) is 13.2. The molecule has 0 aliphatic heterocycles. The van der Waals surface area contributed by atoms with Crippen LogP contribution in [-0.4, -0.2) is 24.4 Å². The van der Waals surface area contributed by atoms with E-state index in [9.17, 15) is 27.6 Å². The second-order valence-electron chi connectivity index (χ2n) is 5.70. The highest BCUT2D eigenvalue weighted by Crippen LogP contribution is 2.30. The molecule has 0 bridgehead atoms. The van der Waals surface area contributed by atoms with Gasteiger partial charge in [-0.05, 0) is 30.3 Å². The molecule has 0 heterocycles. The third-order valence-corrected chi connectivity index (χ3v) is 3.45. The van der Waals surface area contributed by atoms with Gasteiger partial charge in [0.05, 0.1) is 12.0 Å². The molecule has 148 valence electrons. The van der Waals surface area contributed by atoms with E-state index in [1.54, 1.807) is 30.3 Å². The maximum Gasteiger partial charge on any atom is 0.416 e. The molecule has 0 saturated carbocycles. The van der Waals surface area contributed by atoms with Gasteiger partial charge in [0, 0.05) is 17.8 Å². The fraction of sp³-hybridized carbons (Fsp3) is 0.211. The molecule has 0 atom stereocenters. The number of ether oxygens (including phenoxy) is 1. The smallest absolute Gasteiger partial charge is 0.416 e. The van der Waals surface area contributed by atoms with E-state index in [4.69, 9.17) is 4.74 Å². The molecule has 6 nitrogen and oxygen atoms in total. The molecular formula is C19H17F3N2O4. The predicted molar refractivity (Wildman–Crippen MR) is 95.3 cm³/mol. The number of anilines is 2. The lowest BCUT2D eigenvalue weighted by molar-refractivity contribution is -0.147. The summed E-state index contributed by atoms with van der Waals surface area (Å²) < 4.78 is 42.7. The number of amides is 2. The van der Waals surface area contributed by atoms with Gasteiger partial charge in [0.2, 0.25) is 5.91 Å². The molecule has 0 fully saturated rings. The zero-order chi connectivity index (χ0) is 20.6. The molecule has 0 radical (unpaired) electrons. The Labute approximate surface area is 158 Å². The molecule has 9 heteroatoms. The van der Waals surface area contributed by atoms with Gasteiger partial charge in [-0.15, -0.1) is 0 Å². The van der Waals surface area contributed by atoms with Gasteiger partial charge in [-0.2, -0.15) is 13.2 Å². The van der Waals surface area contributed by atoms with Gasteiger partial charge in [-0.3, -0.25) is 14.4 Å². The van der Waals surface area contributed by atoms with E-state index >= 15 is 0 Å². The number of hydrogen-bond donors (Lipinski definition) is 2. The molecular weight excluding hydrogens is 377 g/mol. The van der Waals surface area contributed by atoms with Crippen molar-refractivity contribution in [3.05, 3.63) is 60.2 Å². The lowest BCUT2D eigenvalue weighted by Crippen LogP contribution is -2.21. The largest absolute Gasteiger partial charge is 0.456 e. The monoisotopic (exact) mass is 394 g/mol. The summed E-state index contributed by atoms with van der Waals surface area (Å²) in [5, 5.41) is 4.81. The Kier molecular flexibility index (Phi) is 7.14. The Hall–Kier alpha value is -3.36. The van der Waals surface area contributed by atoms with E-state index in [1.807, 2.05) is 0 Å². The van der Waals surface area contributed by atoms with Gasteiger partial charge in [-0.25, -0.2) is 0 Å². The average molecular weight is 394 g/mol. The Morgan fingerprint density at radius 3 is 2.14 bits per heavy atom. The van der Waals surface area contributed by atoms with Crippen LogP contribution in [0.5, 0.6) is 0 Å². The van der Waals surface area contributed by atoms with E-state index in [-0.39, 0.29) is 18.5 Å². The summed E-state index contributed by atoms with van der Waals surface area (Å²) in [6.45, 7) is -0.511. The Morgan fingerprint density at radius 1 is 0.821 bits per heavy atom. The van der Waals surface area contributed by atoms with Crippen molar-refractivity contribution in [2.24, 2.45) is 0 Å². The highest BCUT2D eigenvalue weighted by molar-refractivity contribution is 5.94. The van der Waals surface area contributed by atoms with Crippen LogP contribution in [0.2, 0.25) is 0 Å². The molecule has 2 rings (SSSR count). The van der Waals surface area contributed by atoms with E-state index in [1.165, 1.54) is 6.07 Å². The standard InChI is InChI=1S/C19H17F3N2O4/c20-19(21,22)13-5-4-8-15(11-13)24-16(25)9-10-18(27)28-12-17(26)23-14-6-2-1-3-7-14/h1-8,11H,9-10,12H2,(H,23,26)(H,24,25). The molecule has 2 aromatic carbocycles. The summed E-state index contributed by atoms with van der Waals surface area (Å²) in [7, 11) is 0. The van der Waals surface area contributed by atoms with Crippen LogP contribution in [0, 0.1) is 0 Å². The van der Waals surface area contributed by atoms with Crippen molar-refractivity contribution in [2.45, 2.75) is 19.0 Å². The molecule has 0 aromatic heterocycles.